The minimum Gasteiger partial charge on any atom is -0.330 e. The molecule has 0 rings (SSSR count). The second-order valence-electron chi connectivity index (χ2n) is 2.31. The maximum Gasteiger partial charge on any atom is 0.0414 e. The predicted molar refractivity (Wildman–Crippen MR) is 38.7 cm³/mol. The minimum absolute atomic E-state index is 0.403. The third-order valence-corrected chi connectivity index (χ3v) is 1.46. The molecule has 0 aromatic heterocycles. The predicted octanol–water partition coefficient (Wildman–Crippen LogP) is -2.05. The first kappa shape index (κ1) is 8.84. The van der Waals surface area contributed by atoms with Crippen molar-refractivity contribution in [2.24, 2.45) is 22.9 Å². The van der Waals surface area contributed by atoms with Gasteiger partial charge in [-0.1, -0.05) is 0 Å². The zero-order valence-corrected chi connectivity index (χ0v) is 5.64. The van der Waals surface area contributed by atoms with Crippen LogP contribution in [0.15, 0.2) is 0 Å². The minimum atomic E-state index is -0.436. The lowest BCUT2D eigenvalue weighted by Crippen LogP contribution is -2.54. The van der Waals surface area contributed by atoms with Gasteiger partial charge in [0.2, 0.25) is 0 Å². The first-order valence-electron chi connectivity index (χ1n) is 3.07. The van der Waals surface area contributed by atoms with Gasteiger partial charge in [0.05, 0.1) is 0 Å². The van der Waals surface area contributed by atoms with Crippen molar-refractivity contribution >= 4 is 0 Å². The van der Waals surface area contributed by atoms with Crippen molar-refractivity contribution in [1.82, 2.24) is 0 Å². The third kappa shape index (κ3) is 2.76. The van der Waals surface area contributed by atoms with E-state index in [1.54, 1.807) is 0 Å². The quantitative estimate of drug-likeness (QED) is 0.353. The molecule has 0 amide bonds. The number of hydrogen-bond acceptors (Lipinski definition) is 4. The first-order chi connectivity index (χ1) is 4.18. The number of nitrogens with two attached hydrogens (primary N) is 4. The summed E-state index contributed by atoms with van der Waals surface area (Å²) in [6, 6.07) is 0. The van der Waals surface area contributed by atoms with Crippen LogP contribution in [0.2, 0.25) is 0 Å². The van der Waals surface area contributed by atoms with Gasteiger partial charge in [-0.15, -0.1) is 0 Å². The van der Waals surface area contributed by atoms with E-state index in [2.05, 4.69) is 0 Å². The van der Waals surface area contributed by atoms with Gasteiger partial charge in [-0.2, -0.15) is 0 Å². The summed E-state index contributed by atoms with van der Waals surface area (Å²) < 4.78 is 0. The molecule has 0 unspecified atom stereocenters. The van der Waals surface area contributed by atoms with E-state index in [1.807, 2.05) is 0 Å². The summed E-state index contributed by atoms with van der Waals surface area (Å²) >= 11 is 0. The SMILES string of the molecule is NCCC(N)(CN)CN. The zero-order valence-electron chi connectivity index (χ0n) is 5.64. The largest absolute Gasteiger partial charge is 0.330 e. The van der Waals surface area contributed by atoms with E-state index in [4.69, 9.17) is 22.9 Å². The van der Waals surface area contributed by atoms with Crippen LogP contribution in [0.25, 0.3) is 0 Å². The van der Waals surface area contributed by atoms with Gasteiger partial charge in [0.15, 0.2) is 0 Å². The van der Waals surface area contributed by atoms with Gasteiger partial charge in [-0.3, -0.25) is 0 Å². The maximum absolute atomic E-state index is 5.68. The highest BCUT2D eigenvalue weighted by Gasteiger charge is 2.18. The fourth-order valence-electron chi connectivity index (χ4n) is 0.575. The van der Waals surface area contributed by atoms with Crippen molar-refractivity contribution < 1.29 is 0 Å². The highest BCUT2D eigenvalue weighted by Crippen LogP contribution is 1.98. The Bertz CT molecular complexity index is 69.4. The molecule has 0 aromatic carbocycles. The van der Waals surface area contributed by atoms with Gasteiger partial charge >= 0.3 is 0 Å². The Labute approximate surface area is 55.6 Å². The molecule has 8 N–H and O–H groups in total. The van der Waals surface area contributed by atoms with Crippen molar-refractivity contribution in [2.45, 2.75) is 12.0 Å². The van der Waals surface area contributed by atoms with E-state index in [0.29, 0.717) is 26.1 Å². The van der Waals surface area contributed by atoms with Crippen LogP contribution in [0.5, 0.6) is 0 Å². The van der Waals surface area contributed by atoms with E-state index >= 15 is 0 Å². The van der Waals surface area contributed by atoms with Crippen LogP contribution < -0.4 is 22.9 Å². The Balaban J connectivity index is 3.62. The Morgan fingerprint density at radius 2 is 1.44 bits per heavy atom. The number of hydrogen-bond donors (Lipinski definition) is 4. The van der Waals surface area contributed by atoms with Crippen LogP contribution in [-0.4, -0.2) is 25.2 Å². The highest BCUT2D eigenvalue weighted by atomic mass is 14.9. The maximum atomic E-state index is 5.68. The van der Waals surface area contributed by atoms with Gasteiger partial charge < -0.3 is 22.9 Å². The molecule has 0 fully saturated rings. The van der Waals surface area contributed by atoms with Crippen molar-refractivity contribution in [1.29, 1.82) is 0 Å². The molecule has 0 heterocycles. The molecule has 0 bridgehead atoms. The first-order valence-corrected chi connectivity index (χ1v) is 3.07. The van der Waals surface area contributed by atoms with Crippen molar-refractivity contribution in [3.8, 4) is 0 Å². The third-order valence-electron chi connectivity index (χ3n) is 1.46. The Morgan fingerprint density at radius 3 is 1.56 bits per heavy atom. The van der Waals surface area contributed by atoms with Crippen LogP contribution in [0.4, 0.5) is 0 Å². The molecule has 9 heavy (non-hydrogen) atoms. The normalized spacial score (nSPS) is 12.0. The fraction of sp³-hybridized carbons (Fsp3) is 1.00. The van der Waals surface area contributed by atoms with Crippen LogP contribution in [0.3, 0.4) is 0 Å². The standard InChI is InChI=1S/C5H16N4/c6-2-1-5(9,3-7)4-8/h1-4,6-9H2. The van der Waals surface area contributed by atoms with E-state index < -0.39 is 5.54 Å². The molecule has 4 nitrogen and oxygen atoms in total. The van der Waals surface area contributed by atoms with Gasteiger partial charge in [-0.25, -0.2) is 0 Å². The zero-order chi connectivity index (χ0) is 7.33. The Morgan fingerprint density at radius 1 is 1.00 bits per heavy atom. The summed E-state index contributed by atoms with van der Waals surface area (Å²) in [5, 5.41) is 0. The lowest BCUT2D eigenvalue weighted by atomic mass is 9.97. The second kappa shape index (κ2) is 3.79. The van der Waals surface area contributed by atoms with Crippen LogP contribution >= 0.6 is 0 Å². The van der Waals surface area contributed by atoms with E-state index in [1.165, 1.54) is 0 Å². The monoisotopic (exact) mass is 132 g/mol. The molecule has 4 heteroatoms. The highest BCUT2D eigenvalue weighted by molar-refractivity contribution is 4.86. The molecule has 56 valence electrons. The Kier molecular flexibility index (Phi) is 3.72. The van der Waals surface area contributed by atoms with E-state index in [0.717, 1.165) is 0 Å². The smallest absolute Gasteiger partial charge is 0.0414 e. The molecular formula is C5H16N4. The lowest BCUT2D eigenvalue weighted by Gasteiger charge is -2.24. The summed E-state index contributed by atoms with van der Waals surface area (Å²) in [6.07, 6.45) is 0.694. The summed E-state index contributed by atoms with van der Waals surface area (Å²) in [7, 11) is 0. The van der Waals surface area contributed by atoms with Gasteiger partial charge in [0.1, 0.15) is 0 Å². The summed E-state index contributed by atoms with van der Waals surface area (Å²) in [5.41, 5.74) is 21.2. The average molecular weight is 132 g/mol. The lowest BCUT2D eigenvalue weighted by molar-refractivity contribution is 0.419. The van der Waals surface area contributed by atoms with Crippen molar-refractivity contribution in [3.63, 3.8) is 0 Å². The average Bonchev–Trinajstić information content (AvgIpc) is 1.89. The van der Waals surface area contributed by atoms with Crippen LogP contribution in [0, 0.1) is 0 Å². The molecule has 0 spiro atoms. The molecule has 0 saturated heterocycles. The summed E-state index contributed by atoms with van der Waals surface area (Å²) in [4.78, 5) is 0. The fourth-order valence-corrected chi connectivity index (χ4v) is 0.575. The van der Waals surface area contributed by atoms with Crippen LogP contribution in [-0.2, 0) is 0 Å². The Hall–Kier alpha value is -0.160. The summed E-state index contributed by atoms with van der Waals surface area (Å²) in [6.45, 7) is 1.35. The molecule has 0 aromatic rings. The molecule has 0 atom stereocenters. The van der Waals surface area contributed by atoms with E-state index in [9.17, 15) is 0 Å². The molecule has 0 aliphatic heterocycles. The summed E-state index contributed by atoms with van der Waals surface area (Å²) in [5.74, 6) is 0. The van der Waals surface area contributed by atoms with E-state index in [-0.39, 0.29) is 0 Å². The second-order valence-corrected chi connectivity index (χ2v) is 2.31. The van der Waals surface area contributed by atoms with Gasteiger partial charge in [0, 0.05) is 18.6 Å². The van der Waals surface area contributed by atoms with Gasteiger partial charge in [0.25, 0.3) is 0 Å². The topological polar surface area (TPSA) is 104 Å². The van der Waals surface area contributed by atoms with Crippen molar-refractivity contribution in [2.75, 3.05) is 19.6 Å². The van der Waals surface area contributed by atoms with Gasteiger partial charge in [-0.05, 0) is 13.0 Å². The molecule has 0 radical (unpaired) electrons. The van der Waals surface area contributed by atoms with Crippen molar-refractivity contribution in [3.05, 3.63) is 0 Å². The van der Waals surface area contributed by atoms with Crippen LogP contribution in [0.1, 0.15) is 6.42 Å². The number of rotatable bonds is 4. The molecule has 0 aliphatic rings. The molecular weight excluding hydrogens is 116 g/mol. The molecule has 0 aliphatic carbocycles. The molecule has 0 saturated carbocycles.